The monoisotopic (exact) mass is 452 g/mol. The third kappa shape index (κ3) is 4.53. The van der Waals surface area contributed by atoms with Crippen molar-refractivity contribution in [1.29, 1.82) is 0 Å². The Hall–Kier alpha value is -2.81. The molecule has 0 unspecified atom stereocenters. The van der Waals surface area contributed by atoms with E-state index in [4.69, 9.17) is 0 Å². The van der Waals surface area contributed by atoms with Gasteiger partial charge in [-0.2, -0.15) is 4.31 Å². The van der Waals surface area contributed by atoms with Crippen LogP contribution in [0.5, 0.6) is 0 Å². The molecule has 3 aromatic rings. The van der Waals surface area contributed by atoms with E-state index in [1.807, 2.05) is 51.2 Å². The number of aromatic nitrogens is 1. The molecule has 1 saturated heterocycles. The second-order valence-corrected chi connectivity index (χ2v) is 10.4. The molecule has 1 aliphatic rings. The van der Waals surface area contributed by atoms with Gasteiger partial charge in [-0.25, -0.2) is 8.42 Å². The Morgan fingerprint density at radius 1 is 1.00 bits per heavy atom. The zero-order chi connectivity index (χ0) is 22.9. The van der Waals surface area contributed by atoms with Gasteiger partial charge in [0.1, 0.15) is 0 Å². The number of anilines is 1. The molecule has 1 fully saturated rings. The minimum atomic E-state index is -3.54. The standard InChI is InChI=1S/C24H28N4O3S/c1-17(2)23-16-21(20-6-4-5-7-22(20)26-23)24(29)25-18-8-10-19(11-9-18)32(30,31)28-14-12-27(3)13-15-28/h4-11,16-17H,12-15H2,1-3H3,(H,25,29). The summed E-state index contributed by atoms with van der Waals surface area (Å²) in [6.07, 6.45) is 0. The number of carbonyl (C=O) groups is 1. The van der Waals surface area contributed by atoms with E-state index in [0.717, 1.165) is 16.6 Å². The molecule has 0 atom stereocenters. The summed E-state index contributed by atoms with van der Waals surface area (Å²) in [6, 6.07) is 15.8. The second-order valence-electron chi connectivity index (χ2n) is 8.45. The maximum atomic E-state index is 13.1. The molecule has 168 valence electrons. The molecule has 0 bridgehead atoms. The highest BCUT2D eigenvalue weighted by atomic mass is 32.2. The van der Waals surface area contributed by atoms with Gasteiger partial charge >= 0.3 is 0 Å². The number of likely N-dealkylation sites (N-methyl/N-ethyl adjacent to an activating group) is 1. The van der Waals surface area contributed by atoms with Crippen molar-refractivity contribution >= 4 is 32.5 Å². The number of sulfonamides is 1. The van der Waals surface area contributed by atoms with E-state index in [1.165, 1.54) is 4.31 Å². The van der Waals surface area contributed by atoms with Crippen LogP contribution in [0.4, 0.5) is 5.69 Å². The van der Waals surface area contributed by atoms with Crippen molar-refractivity contribution in [1.82, 2.24) is 14.2 Å². The molecule has 0 spiro atoms. The number of hydrogen-bond donors (Lipinski definition) is 1. The van der Waals surface area contributed by atoms with Crippen LogP contribution in [0.3, 0.4) is 0 Å². The van der Waals surface area contributed by atoms with Crippen LogP contribution in [-0.2, 0) is 10.0 Å². The predicted molar refractivity (Wildman–Crippen MR) is 126 cm³/mol. The average Bonchev–Trinajstić information content (AvgIpc) is 2.79. The van der Waals surface area contributed by atoms with Crippen LogP contribution in [0.25, 0.3) is 10.9 Å². The van der Waals surface area contributed by atoms with Gasteiger partial charge in [0, 0.05) is 42.9 Å². The van der Waals surface area contributed by atoms with Crippen LogP contribution < -0.4 is 5.32 Å². The molecule has 1 aliphatic heterocycles. The number of benzene rings is 2. The fourth-order valence-electron chi connectivity index (χ4n) is 3.77. The molecule has 8 heteroatoms. The lowest BCUT2D eigenvalue weighted by Crippen LogP contribution is -2.46. The topological polar surface area (TPSA) is 82.6 Å². The highest BCUT2D eigenvalue weighted by Gasteiger charge is 2.27. The molecule has 2 heterocycles. The van der Waals surface area contributed by atoms with E-state index in [-0.39, 0.29) is 16.7 Å². The lowest BCUT2D eigenvalue weighted by atomic mass is 10.0. The molecule has 1 amide bonds. The Balaban J connectivity index is 1.56. The number of piperazine rings is 1. The number of rotatable bonds is 5. The third-order valence-corrected chi connectivity index (χ3v) is 7.70. The summed E-state index contributed by atoms with van der Waals surface area (Å²) in [7, 11) is -1.56. The first-order chi connectivity index (χ1) is 15.3. The molecule has 7 nitrogen and oxygen atoms in total. The third-order valence-electron chi connectivity index (χ3n) is 5.78. The molecular formula is C24H28N4O3S. The summed E-state index contributed by atoms with van der Waals surface area (Å²) < 4.78 is 27.3. The molecule has 2 aromatic carbocycles. The predicted octanol–water partition coefficient (Wildman–Crippen LogP) is 3.55. The molecule has 0 aliphatic carbocycles. The fourth-order valence-corrected chi connectivity index (χ4v) is 5.19. The number of para-hydroxylation sites is 1. The maximum Gasteiger partial charge on any atom is 0.256 e. The maximum absolute atomic E-state index is 13.1. The first-order valence-corrected chi connectivity index (χ1v) is 12.2. The molecule has 4 rings (SSSR count). The van der Waals surface area contributed by atoms with Gasteiger partial charge in [0.2, 0.25) is 10.0 Å². The van der Waals surface area contributed by atoms with Gasteiger partial charge in [-0.05, 0) is 49.4 Å². The summed E-state index contributed by atoms with van der Waals surface area (Å²) >= 11 is 0. The van der Waals surface area contributed by atoms with Gasteiger partial charge < -0.3 is 10.2 Å². The number of pyridine rings is 1. The Kier molecular flexibility index (Phi) is 6.28. The van der Waals surface area contributed by atoms with E-state index in [9.17, 15) is 13.2 Å². The summed E-state index contributed by atoms with van der Waals surface area (Å²) in [6.45, 7) is 6.46. The van der Waals surface area contributed by atoms with E-state index in [1.54, 1.807) is 24.3 Å². The first-order valence-electron chi connectivity index (χ1n) is 10.8. The van der Waals surface area contributed by atoms with Gasteiger partial charge in [0.05, 0.1) is 16.0 Å². The van der Waals surface area contributed by atoms with Gasteiger partial charge in [-0.15, -0.1) is 0 Å². The van der Waals surface area contributed by atoms with E-state index in [0.29, 0.717) is 37.4 Å². The number of hydrogen-bond acceptors (Lipinski definition) is 5. The fraction of sp³-hybridized carbons (Fsp3) is 0.333. The zero-order valence-corrected chi connectivity index (χ0v) is 19.4. The van der Waals surface area contributed by atoms with Gasteiger partial charge in [0.25, 0.3) is 5.91 Å². The quantitative estimate of drug-likeness (QED) is 0.640. The Morgan fingerprint density at radius 3 is 2.31 bits per heavy atom. The molecule has 0 saturated carbocycles. The molecule has 1 N–H and O–H groups in total. The first kappa shape index (κ1) is 22.4. The van der Waals surface area contributed by atoms with E-state index in [2.05, 4.69) is 15.2 Å². The van der Waals surface area contributed by atoms with Crippen LogP contribution in [-0.4, -0.2) is 61.7 Å². The van der Waals surface area contributed by atoms with Crippen molar-refractivity contribution in [3.8, 4) is 0 Å². The van der Waals surface area contributed by atoms with E-state index < -0.39 is 10.0 Å². The lowest BCUT2D eigenvalue weighted by molar-refractivity contribution is 0.102. The Bertz CT molecular complexity index is 1230. The van der Waals surface area contributed by atoms with Crippen LogP contribution >= 0.6 is 0 Å². The highest BCUT2D eigenvalue weighted by molar-refractivity contribution is 7.89. The highest BCUT2D eigenvalue weighted by Crippen LogP contribution is 2.24. The smallest absolute Gasteiger partial charge is 0.256 e. The van der Waals surface area contributed by atoms with Crippen molar-refractivity contribution < 1.29 is 13.2 Å². The van der Waals surface area contributed by atoms with Gasteiger partial charge in [-0.3, -0.25) is 9.78 Å². The number of nitrogens with zero attached hydrogens (tertiary/aromatic N) is 3. The van der Waals surface area contributed by atoms with Crippen LogP contribution in [0, 0.1) is 0 Å². The van der Waals surface area contributed by atoms with Crippen molar-refractivity contribution in [3.63, 3.8) is 0 Å². The van der Waals surface area contributed by atoms with Crippen LogP contribution in [0.2, 0.25) is 0 Å². The number of fused-ring (bicyclic) bond motifs is 1. The van der Waals surface area contributed by atoms with Crippen molar-refractivity contribution in [2.24, 2.45) is 0 Å². The summed E-state index contributed by atoms with van der Waals surface area (Å²) in [5.41, 5.74) is 2.72. The minimum Gasteiger partial charge on any atom is -0.322 e. The largest absolute Gasteiger partial charge is 0.322 e. The molecule has 0 radical (unpaired) electrons. The SMILES string of the molecule is CC(C)c1cc(C(=O)Nc2ccc(S(=O)(=O)N3CCN(C)CC3)cc2)c2ccccc2n1. The number of amides is 1. The number of carbonyl (C=O) groups excluding carboxylic acids is 1. The summed E-state index contributed by atoms with van der Waals surface area (Å²) in [5, 5.41) is 3.68. The molecule has 1 aromatic heterocycles. The van der Waals surface area contributed by atoms with Gasteiger partial charge in [-0.1, -0.05) is 32.0 Å². The van der Waals surface area contributed by atoms with Crippen molar-refractivity contribution in [2.75, 3.05) is 38.5 Å². The lowest BCUT2D eigenvalue weighted by Gasteiger charge is -2.31. The Labute approximate surface area is 189 Å². The molecular weight excluding hydrogens is 424 g/mol. The van der Waals surface area contributed by atoms with Crippen LogP contribution in [0.1, 0.15) is 35.8 Å². The van der Waals surface area contributed by atoms with Crippen molar-refractivity contribution in [2.45, 2.75) is 24.7 Å². The van der Waals surface area contributed by atoms with Crippen LogP contribution in [0.15, 0.2) is 59.5 Å². The van der Waals surface area contributed by atoms with Crippen molar-refractivity contribution in [3.05, 3.63) is 65.9 Å². The average molecular weight is 453 g/mol. The summed E-state index contributed by atoms with van der Waals surface area (Å²) in [5.74, 6) is -0.0644. The Morgan fingerprint density at radius 2 is 1.66 bits per heavy atom. The van der Waals surface area contributed by atoms with E-state index >= 15 is 0 Å². The molecule has 32 heavy (non-hydrogen) atoms. The second kappa shape index (κ2) is 8.97. The van der Waals surface area contributed by atoms with Gasteiger partial charge in [0.15, 0.2) is 0 Å². The number of nitrogens with one attached hydrogen (secondary N) is 1. The minimum absolute atomic E-state index is 0.185. The zero-order valence-electron chi connectivity index (χ0n) is 18.6. The summed E-state index contributed by atoms with van der Waals surface area (Å²) in [4.78, 5) is 20.1. The normalized spacial score (nSPS) is 15.9.